The lowest BCUT2D eigenvalue weighted by atomic mass is 9.93. The zero-order valence-electron chi connectivity index (χ0n) is 59.1. The van der Waals surface area contributed by atoms with Gasteiger partial charge < -0.3 is 47.4 Å². The molecule has 0 radical (unpaired) electrons. The molecule has 0 saturated heterocycles. The lowest BCUT2D eigenvalue weighted by molar-refractivity contribution is -0.132. The highest BCUT2D eigenvalue weighted by molar-refractivity contribution is 6.28. The average molecular weight is 1360 g/mol. The van der Waals surface area contributed by atoms with Crippen LogP contribution in [0.2, 0.25) is 5.28 Å². The van der Waals surface area contributed by atoms with Crippen LogP contribution in [0.4, 0.5) is 63.5 Å². The van der Waals surface area contributed by atoms with Gasteiger partial charge in [0.1, 0.15) is 0 Å². The van der Waals surface area contributed by atoms with Crippen LogP contribution in [0.3, 0.4) is 0 Å². The van der Waals surface area contributed by atoms with Gasteiger partial charge in [-0.05, 0) is 203 Å². The van der Waals surface area contributed by atoms with Gasteiger partial charge in [0.15, 0.2) is 34.4 Å². The third-order valence-electron chi connectivity index (χ3n) is 19.1. The van der Waals surface area contributed by atoms with E-state index in [0.717, 1.165) is 135 Å². The number of anilines is 11. The first-order valence-electron chi connectivity index (χ1n) is 33.7. The molecule has 100 heavy (non-hydrogen) atoms. The first kappa shape index (κ1) is 68.9. The van der Waals surface area contributed by atoms with Crippen LogP contribution in [0.15, 0.2) is 128 Å². The monoisotopic (exact) mass is 1360 g/mol. The van der Waals surface area contributed by atoms with E-state index in [9.17, 15) is 9.59 Å². The van der Waals surface area contributed by atoms with Gasteiger partial charge in [-0.3, -0.25) is 9.59 Å². The number of aryl methyl sites for hydroxylation is 9. The molecule has 514 valence electrons. The fraction of sp³-hybridized carbons (Fsp3) is 0.303. The fourth-order valence-corrected chi connectivity index (χ4v) is 13.7. The first-order valence-corrected chi connectivity index (χ1v) is 34.0. The Morgan fingerprint density at radius 3 is 1.27 bits per heavy atom. The van der Waals surface area contributed by atoms with Gasteiger partial charge in [0.05, 0.1) is 28.2 Å². The standard InChI is InChI=1S/C26H29N7O.C24H27N7.C14H14ClN5.C12H16N2O/c1-15-7-6-8-16(2)23(15)29-24-22-14-27-26(30-25(22)32(5)31-24)28-20-10-9-19-11-12-33(18(4)34)17(3)21(19)13-20;1-14-6-5-7-15(2)21(14)28-22-20-13-26-24(29-23(20)31(4)30-22)27-18-9-8-17-10-11-25-16(3)19(17)12-18;1-8-5-4-6-9(2)11(8)17-12-10-7-16-14(15)18-13(10)20(3)19-12;1-8-12-7-11(13)4-3-10(12)5-6-14(8)9(2)15/h6-10,13-14,17H,11-12H2,1-5H3,(H,29,31)(H,27,28,30);5-9,12-13,16,25H,10-11H2,1-4H3,(H,28,30)(H,26,27,29);4-7H,1-3H3,(H,17,19);3-4,7-8H,5-6,13H2,1-2H3. The molecule has 0 aliphatic carbocycles. The maximum atomic E-state index is 12.0. The van der Waals surface area contributed by atoms with Crippen LogP contribution in [0.5, 0.6) is 0 Å². The quantitative estimate of drug-likeness (QED) is 0.0495. The van der Waals surface area contributed by atoms with Crippen molar-refractivity contribution in [1.82, 2.24) is 74.4 Å². The Morgan fingerprint density at radius 2 is 0.850 bits per heavy atom. The van der Waals surface area contributed by atoms with Gasteiger partial charge in [-0.2, -0.15) is 30.2 Å². The van der Waals surface area contributed by atoms with Crippen LogP contribution in [0.1, 0.15) is 120 Å². The molecule has 0 spiro atoms. The molecule has 2 amide bonds. The number of carbonyl (C=O) groups excluding carboxylic acids is 2. The number of para-hydroxylation sites is 3. The summed E-state index contributed by atoms with van der Waals surface area (Å²) in [6, 6.07) is 37.9. The molecule has 15 rings (SSSR count). The minimum atomic E-state index is 0.0435. The fourth-order valence-electron chi connectivity index (χ4n) is 13.6. The van der Waals surface area contributed by atoms with Crippen molar-refractivity contribution >= 4 is 120 Å². The van der Waals surface area contributed by atoms with E-state index in [2.05, 4.69) is 208 Å². The number of benzene rings is 6. The minimum Gasteiger partial charge on any atom is -0.399 e. The SMILES string of the molecule is CC(=O)N1CCc2ccc(N)cc2C1C.CC(=O)N1CCc2ccc(Nc3ncc4c(Nc5c(C)cccc5C)nn(C)c4n3)cc2C1C.Cc1cccc(C)c1Nc1nn(C)c2nc(Cl)ncc12.Cc1cccc(C)c1Nc1nn(C)c2nc(Nc3ccc4c(c3)C(C)NCC4)ncc12. The Hall–Kier alpha value is -11.0. The first-order chi connectivity index (χ1) is 48.0. The Bertz CT molecular complexity index is 5020. The highest BCUT2D eigenvalue weighted by Crippen LogP contribution is 2.37. The molecule has 8 N–H and O–H groups in total. The second-order valence-corrected chi connectivity index (χ2v) is 26.4. The third-order valence-corrected chi connectivity index (χ3v) is 19.2. The van der Waals surface area contributed by atoms with Gasteiger partial charge >= 0.3 is 0 Å². The molecule has 12 aromatic rings. The lowest BCUT2D eigenvalue weighted by Gasteiger charge is -2.34. The van der Waals surface area contributed by atoms with Crippen LogP contribution in [0, 0.1) is 41.5 Å². The van der Waals surface area contributed by atoms with Crippen molar-refractivity contribution in [2.75, 3.05) is 52.0 Å². The molecule has 3 aliphatic rings. The van der Waals surface area contributed by atoms with Gasteiger partial charge in [0.25, 0.3) is 0 Å². The van der Waals surface area contributed by atoms with E-state index in [1.54, 1.807) is 40.3 Å². The van der Waals surface area contributed by atoms with E-state index in [1.807, 2.05) is 67.5 Å². The van der Waals surface area contributed by atoms with Gasteiger partial charge in [-0.15, -0.1) is 0 Å². The molecule has 23 nitrogen and oxygen atoms in total. The second kappa shape index (κ2) is 29.2. The van der Waals surface area contributed by atoms with Crippen LogP contribution in [-0.2, 0) is 50.0 Å². The maximum absolute atomic E-state index is 12.0. The molecule has 0 fully saturated rings. The summed E-state index contributed by atoms with van der Waals surface area (Å²) >= 11 is 5.83. The van der Waals surface area contributed by atoms with Crippen molar-refractivity contribution in [1.29, 1.82) is 0 Å². The smallest absolute Gasteiger partial charge is 0.229 e. The summed E-state index contributed by atoms with van der Waals surface area (Å²) in [5, 5.41) is 37.1. The van der Waals surface area contributed by atoms with E-state index < -0.39 is 0 Å². The van der Waals surface area contributed by atoms with Gasteiger partial charge in [-0.1, -0.05) is 72.8 Å². The largest absolute Gasteiger partial charge is 0.399 e. The van der Waals surface area contributed by atoms with E-state index in [1.165, 1.54) is 50.1 Å². The van der Waals surface area contributed by atoms with Crippen molar-refractivity contribution < 1.29 is 9.59 Å². The number of halogens is 1. The number of hydrogen-bond acceptors (Lipinski definition) is 18. The Morgan fingerprint density at radius 1 is 0.480 bits per heavy atom. The highest BCUT2D eigenvalue weighted by atomic mass is 35.5. The zero-order chi connectivity index (χ0) is 70.8. The molecule has 6 aromatic carbocycles. The summed E-state index contributed by atoms with van der Waals surface area (Å²) in [5.74, 6) is 3.52. The van der Waals surface area contributed by atoms with Crippen molar-refractivity contribution in [3.63, 3.8) is 0 Å². The number of carbonyl (C=O) groups is 2. The molecule has 3 atom stereocenters. The topological polar surface area (TPSA) is 270 Å². The van der Waals surface area contributed by atoms with Gasteiger partial charge in [0, 0.05) is 107 Å². The number of nitrogens with zero attached hydrogens (tertiary/aromatic N) is 14. The van der Waals surface area contributed by atoms with Crippen molar-refractivity contribution in [2.45, 2.75) is 114 Å². The number of amides is 2. The number of nitrogen functional groups attached to an aromatic ring is 1. The predicted molar refractivity (Wildman–Crippen MR) is 401 cm³/mol. The molecule has 24 heteroatoms. The molecule has 6 aromatic heterocycles. The number of fused-ring (bicyclic) bond motifs is 6. The molecule has 0 bridgehead atoms. The summed E-state index contributed by atoms with van der Waals surface area (Å²) in [6.45, 7) is 24.6. The highest BCUT2D eigenvalue weighted by Gasteiger charge is 2.28. The van der Waals surface area contributed by atoms with Crippen LogP contribution in [0.25, 0.3) is 33.1 Å². The Balaban J connectivity index is 0.000000132. The van der Waals surface area contributed by atoms with Crippen molar-refractivity contribution in [2.24, 2.45) is 21.1 Å². The average Bonchev–Trinajstić information content (AvgIpc) is 1.70. The molecule has 9 heterocycles. The number of hydrogen-bond donors (Lipinski definition) is 7. The molecular formula is C76H86ClN21O2. The van der Waals surface area contributed by atoms with Crippen LogP contribution in [-0.4, -0.2) is 100 Å². The molecule has 0 saturated carbocycles. The predicted octanol–water partition coefficient (Wildman–Crippen LogP) is 14.7. The summed E-state index contributed by atoms with van der Waals surface area (Å²) in [7, 11) is 5.62. The van der Waals surface area contributed by atoms with E-state index in [4.69, 9.17) is 27.3 Å². The van der Waals surface area contributed by atoms with Gasteiger partial charge in [-0.25, -0.2) is 29.0 Å². The van der Waals surface area contributed by atoms with Crippen LogP contribution < -0.4 is 37.6 Å². The van der Waals surface area contributed by atoms with Crippen molar-refractivity contribution in [3.8, 4) is 0 Å². The minimum absolute atomic E-state index is 0.0435. The molecule has 3 aliphatic heterocycles. The van der Waals surface area contributed by atoms with Gasteiger partial charge in [0.2, 0.25) is 29.0 Å². The summed E-state index contributed by atoms with van der Waals surface area (Å²) in [4.78, 5) is 54.0. The zero-order valence-corrected chi connectivity index (χ0v) is 59.9. The summed E-state index contributed by atoms with van der Waals surface area (Å²) in [6.07, 6.45) is 8.18. The number of nitrogens with one attached hydrogen (secondary N) is 6. The lowest BCUT2D eigenvalue weighted by Crippen LogP contribution is -2.37. The van der Waals surface area contributed by atoms with E-state index >= 15 is 0 Å². The number of nitrogens with two attached hydrogens (primary N) is 1. The number of aromatic nitrogens is 12. The Kier molecular flexibility index (Phi) is 20.1. The van der Waals surface area contributed by atoms with E-state index in [0.29, 0.717) is 23.6 Å². The number of rotatable bonds is 10. The van der Waals surface area contributed by atoms with Crippen LogP contribution >= 0.6 is 11.6 Å². The maximum Gasteiger partial charge on any atom is 0.229 e. The summed E-state index contributed by atoms with van der Waals surface area (Å²) in [5.41, 5.74) is 28.5. The Labute approximate surface area is 587 Å². The normalized spacial score (nSPS) is 15.2. The summed E-state index contributed by atoms with van der Waals surface area (Å²) < 4.78 is 5.24. The molecule has 3 unspecified atom stereocenters. The van der Waals surface area contributed by atoms with E-state index in [-0.39, 0.29) is 29.2 Å². The third kappa shape index (κ3) is 14.7. The second-order valence-electron chi connectivity index (χ2n) is 26.1. The molecular weight excluding hydrogens is 1270 g/mol. The van der Waals surface area contributed by atoms with Crippen molar-refractivity contribution in [3.05, 3.63) is 200 Å².